The fourth-order valence-electron chi connectivity index (χ4n) is 2.58. The summed E-state index contributed by atoms with van der Waals surface area (Å²) in [5, 5.41) is 1.04. The molecule has 0 unspecified atom stereocenters. The number of nitrogens with zero attached hydrogens (tertiary/aromatic N) is 2. The predicted octanol–water partition coefficient (Wildman–Crippen LogP) is 3.65. The van der Waals surface area contributed by atoms with E-state index in [9.17, 15) is 4.79 Å². The van der Waals surface area contributed by atoms with E-state index >= 15 is 0 Å². The number of ketones is 1. The summed E-state index contributed by atoms with van der Waals surface area (Å²) in [5.41, 5.74) is 3.50. The molecule has 21 heavy (non-hydrogen) atoms. The van der Waals surface area contributed by atoms with Crippen molar-refractivity contribution in [1.82, 2.24) is 9.38 Å². The van der Waals surface area contributed by atoms with E-state index in [-0.39, 0.29) is 5.78 Å². The number of rotatable bonds is 4. The maximum absolute atomic E-state index is 11.9. The molecule has 0 spiro atoms. The number of benzene rings is 1. The molecule has 3 aromatic rings. The minimum Gasteiger partial charge on any atom is -0.496 e. The molecule has 0 amide bonds. The molecule has 0 saturated carbocycles. The van der Waals surface area contributed by atoms with Crippen molar-refractivity contribution in [3.8, 4) is 5.75 Å². The zero-order valence-corrected chi connectivity index (χ0v) is 12.5. The number of methoxy groups -OCH3 is 1. The smallest absolute Gasteiger partial charge is 0.182 e. The van der Waals surface area contributed by atoms with Gasteiger partial charge in [-0.15, -0.1) is 0 Å². The lowest BCUT2D eigenvalue weighted by atomic mass is 10.1. The second-order valence-corrected chi connectivity index (χ2v) is 5.05. The Morgan fingerprint density at radius 3 is 2.76 bits per heavy atom. The van der Waals surface area contributed by atoms with Gasteiger partial charge >= 0.3 is 0 Å². The molecule has 4 nitrogen and oxygen atoms in total. The monoisotopic (exact) mass is 282 g/mol. The summed E-state index contributed by atoms with van der Waals surface area (Å²) in [5.74, 6) is 0.838. The second kappa shape index (κ2) is 5.20. The number of ether oxygens (including phenoxy) is 1. The number of aromatic nitrogens is 2. The standard InChI is InChI=1S/C17H18N2O2/c1-4-11-6-7-14-12(8-11)16(21-3)9-17-18-13(10-19(14)17)15(20)5-2/h6-10H,4-5H2,1-3H3. The highest BCUT2D eigenvalue weighted by atomic mass is 16.5. The van der Waals surface area contributed by atoms with Crippen molar-refractivity contribution in [2.45, 2.75) is 26.7 Å². The van der Waals surface area contributed by atoms with E-state index in [1.54, 1.807) is 7.11 Å². The van der Waals surface area contributed by atoms with Gasteiger partial charge < -0.3 is 4.74 Å². The van der Waals surface area contributed by atoms with Crippen molar-refractivity contribution in [1.29, 1.82) is 0 Å². The van der Waals surface area contributed by atoms with Gasteiger partial charge in [0.1, 0.15) is 17.1 Å². The SMILES string of the molecule is CCC(=O)c1cn2c(cc(OC)c3cc(CC)ccc32)n1. The zero-order chi connectivity index (χ0) is 15.0. The summed E-state index contributed by atoms with van der Waals surface area (Å²) in [7, 11) is 1.66. The number of carbonyl (C=O) groups is 1. The van der Waals surface area contributed by atoms with Crippen molar-refractivity contribution in [3.63, 3.8) is 0 Å². The highest BCUT2D eigenvalue weighted by molar-refractivity contribution is 5.96. The minimum absolute atomic E-state index is 0.0518. The van der Waals surface area contributed by atoms with Gasteiger partial charge in [-0.05, 0) is 24.1 Å². The maximum Gasteiger partial charge on any atom is 0.182 e. The van der Waals surface area contributed by atoms with Crippen LogP contribution in [-0.4, -0.2) is 22.3 Å². The van der Waals surface area contributed by atoms with Crippen molar-refractivity contribution in [2.24, 2.45) is 0 Å². The summed E-state index contributed by atoms with van der Waals surface area (Å²) in [6, 6.07) is 8.18. The first-order valence-electron chi connectivity index (χ1n) is 7.19. The second-order valence-electron chi connectivity index (χ2n) is 5.05. The Morgan fingerprint density at radius 1 is 1.29 bits per heavy atom. The van der Waals surface area contributed by atoms with Crippen LogP contribution < -0.4 is 4.74 Å². The minimum atomic E-state index is 0.0518. The van der Waals surface area contributed by atoms with E-state index in [0.717, 1.165) is 28.7 Å². The van der Waals surface area contributed by atoms with Crippen LogP contribution in [0.2, 0.25) is 0 Å². The van der Waals surface area contributed by atoms with Crippen molar-refractivity contribution in [2.75, 3.05) is 7.11 Å². The number of imidazole rings is 1. The average Bonchev–Trinajstić information content (AvgIpc) is 2.96. The molecule has 0 radical (unpaired) electrons. The van der Waals surface area contributed by atoms with Crippen LogP contribution in [0.15, 0.2) is 30.5 Å². The number of Topliss-reactive ketones (excluding diaryl/α,β-unsaturated/α-hetero) is 1. The number of carbonyl (C=O) groups excluding carboxylic acids is 1. The molecule has 4 heteroatoms. The molecule has 0 bridgehead atoms. The van der Waals surface area contributed by atoms with Crippen LogP contribution >= 0.6 is 0 Å². The Hall–Kier alpha value is -2.36. The Labute approximate surface area is 123 Å². The first kappa shape index (κ1) is 13.6. The number of pyridine rings is 1. The van der Waals surface area contributed by atoms with Crippen LogP contribution in [0.4, 0.5) is 0 Å². The molecule has 0 aliphatic rings. The Bertz CT molecular complexity index is 834. The third kappa shape index (κ3) is 2.17. The molecule has 0 saturated heterocycles. The lowest BCUT2D eigenvalue weighted by Gasteiger charge is -2.09. The van der Waals surface area contributed by atoms with Crippen molar-refractivity contribution < 1.29 is 9.53 Å². The Balaban J connectivity index is 2.35. The number of hydrogen-bond donors (Lipinski definition) is 0. The Morgan fingerprint density at radius 2 is 2.10 bits per heavy atom. The molecular formula is C17H18N2O2. The number of hydrogen-bond acceptors (Lipinski definition) is 3. The molecule has 2 aromatic heterocycles. The van der Waals surface area contributed by atoms with Crippen LogP contribution in [-0.2, 0) is 6.42 Å². The third-order valence-corrected chi connectivity index (χ3v) is 3.81. The van der Waals surface area contributed by atoms with E-state index in [2.05, 4.69) is 30.1 Å². The average molecular weight is 282 g/mol. The van der Waals surface area contributed by atoms with Gasteiger partial charge in [0.25, 0.3) is 0 Å². The van der Waals surface area contributed by atoms with Gasteiger partial charge in [0.05, 0.1) is 12.6 Å². The molecule has 1 aromatic carbocycles. The van der Waals surface area contributed by atoms with Crippen LogP contribution in [0, 0.1) is 0 Å². The molecular weight excluding hydrogens is 264 g/mol. The van der Waals surface area contributed by atoms with E-state index < -0.39 is 0 Å². The number of fused-ring (bicyclic) bond motifs is 3. The van der Waals surface area contributed by atoms with Crippen LogP contribution in [0.3, 0.4) is 0 Å². The van der Waals surface area contributed by atoms with Crippen LogP contribution in [0.1, 0.15) is 36.3 Å². The summed E-state index contributed by atoms with van der Waals surface area (Å²) >= 11 is 0. The summed E-state index contributed by atoms with van der Waals surface area (Å²) in [6.45, 7) is 3.97. The molecule has 2 heterocycles. The normalized spacial score (nSPS) is 11.2. The van der Waals surface area contributed by atoms with Gasteiger partial charge in [-0.3, -0.25) is 9.20 Å². The largest absolute Gasteiger partial charge is 0.496 e. The predicted molar refractivity (Wildman–Crippen MR) is 83.2 cm³/mol. The maximum atomic E-state index is 11.9. The quantitative estimate of drug-likeness (QED) is 0.686. The highest BCUT2D eigenvalue weighted by Crippen LogP contribution is 2.29. The number of aryl methyl sites for hydroxylation is 1. The Kier molecular flexibility index (Phi) is 3.37. The van der Waals surface area contributed by atoms with E-state index in [1.165, 1.54) is 5.56 Å². The highest BCUT2D eigenvalue weighted by Gasteiger charge is 2.13. The molecule has 0 N–H and O–H groups in total. The van der Waals surface area contributed by atoms with Crippen LogP contribution in [0.5, 0.6) is 5.75 Å². The first-order chi connectivity index (χ1) is 10.2. The lowest BCUT2D eigenvalue weighted by molar-refractivity contribution is 0.0984. The van der Waals surface area contributed by atoms with Gasteiger partial charge in [-0.1, -0.05) is 19.9 Å². The fraction of sp³-hybridized carbons (Fsp3) is 0.294. The van der Waals surface area contributed by atoms with Gasteiger partial charge in [0, 0.05) is 24.1 Å². The van der Waals surface area contributed by atoms with Gasteiger partial charge in [-0.2, -0.15) is 0 Å². The fourth-order valence-corrected chi connectivity index (χ4v) is 2.58. The molecule has 0 fully saturated rings. The van der Waals surface area contributed by atoms with Gasteiger partial charge in [-0.25, -0.2) is 4.98 Å². The molecule has 0 atom stereocenters. The van der Waals surface area contributed by atoms with Crippen molar-refractivity contribution in [3.05, 3.63) is 41.7 Å². The van der Waals surface area contributed by atoms with E-state index in [0.29, 0.717) is 12.1 Å². The first-order valence-corrected chi connectivity index (χ1v) is 7.19. The molecule has 0 aliphatic heterocycles. The molecule has 3 rings (SSSR count). The molecule has 0 aliphatic carbocycles. The summed E-state index contributed by atoms with van der Waals surface area (Å²) in [6.07, 6.45) is 3.24. The lowest BCUT2D eigenvalue weighted by Crippen LogP contribution is -1.95. The third-order valence-electron chi connectivity index (χ3n) is 3.81. The zero-order valence-electron chi connectivity index (χ0n) is 12.5. The topological polar surface area (TPSA) is 43.6 Å². The van der Waals surface area contributed by atoms with Gasteiger partial charge in [0.15, 0.2) is 5.78 Å². The summed E-state index contributed by atoms with van der Waals surface area (Å²) in [4.78, 5) is 16.3. The molecule has 108 valence electrons. The van der Waals surface area contributed by atoms with E-state index in [4.69, 9.17) is 4.74 Å². The summed E-state index contributed by atoms with van der Waals surface area (Å²) < 4.78 is 7.45. The van der Waals surface area contributed by atoms with Gasteiger partial charge in [0.2, 0.25) is 0 Å². The van der Waals surface area contributed by atoms with Crippen LogP contribution in [0.25, 0.3) is 16.6 Å². The van der Waals surface area contributed by atoms with Crippen molar-refractivity contribution >= 4 is 22.3 Å². The van der Waals surface area contributed by atoms with E-state index in [1.807, 2.05) is 23.6 Å².